The van der Waals surface area contributed by atoms with Gasteiger partial charge in [-0.05, 0) is 24.8 Å². The van der Waals surface area contributed by atoms with Crippen LogP contribution in [0.1, 0.15) is 36.0 Å². The molecule has 0 spiro atoms. The van der Waals surface area contributed by atoms with Gasteiger partial charge in [-0.15, -0.1) is 0 Å². The van der Waals surface area contributed by atoms with E-state index in [1.807, 2.05) is 0 Å². The summed E-state index contributed by atoms with van der Waals surface area (Å²) in [5.74, 6) is 0.162. The van der Waals surface area contributed by atoms with Gasteiger partial charge in [-0.25, -0.2) is 0 Å². The molecule has 1 aromatic heterocycles. The largest absolute Gasteiger partial charge is 0.472 e. The van der Waals surface area contributed by atoms with Gasteiger partial charge >= 0.3 is 0 Å². The van der Waals surface area contributed by atoms with Crippen LogP contribution in [-0.2, 0) is 0 Å². The summed E-state index contributed by atoms with van der Waals surface area (Å²) in [4.78, 5) is 11.5. The Kier molecular flexibility index (Phi) is 3.62. The summed E-state index contributed by atoms with van der Waals surface area (Å²) >= 11 is 0. The molecule has 1 aromatic rings. The number of carbonyl (C=O) groups is 1. The number of carbonyl (C=O) groups excluding carboxylic acids is 1. The van der Waals surface area contributed by atoms with Crippen LogP contribution in [0.2, 0.25) is 0 Å². The Hall–Kier alpha value is -1.29. The molecule has 0 radical (unpaired) electrons. The van der Waals surface area contributed by atoms with E-state index in [-0.39, 0.29) is 5.91 Å². The fourth-order valence-corrected chi connectivity index (χ4v) is 2.20. The Balaban J connectivity index is 1.76. The molecule has 1 atom stereocenters. The molecular weight excluding hydrogens is 206 g/mol. The van der Waals surface area contributed by atoms with Crippen LogP contribution in [0.15, 0.2) is 23.0 Å². The van der Waals surface area contributed by atoms with Crippen LogP contribution in [0.3, 0.4) is 0 Å². The number of furan rings is 1. The molecule has 1 unspecified atom stereocenters. The molecule has 2 rings (SSSR count). The fraction of sp³-hybridized carbons (Fsp3) is 0.583. The van der Waals surface area contributed by atoms with Gasteiger partial charge in [0.2, 0.25) is 0 Å². The molecular formula is C12H17NO3. The molecule has 88 valence electrons. The average molecular weight is 223 g/mol. The highest BCUT2D eigenvalue weighted by Gasteiger charge is 2.23. The molecule has 0 aromatic carbocycles. The van der Waals surface area contributed by atoms with E-state index >= 15 is 0 Å². The summed E-state index contributed by atoms with van der Waals surface area (Å²) in [6.07, 6.45) is 6.97. The number of amides is 1. The van der Waals surface area contributed by atoms with E-state index in [4.69, 9.17) is 4.42 Å². The highest BCUT2D eigenvalue weighted by molar-refractivity contribution is 5.93. The topological polar surface area (TPSA) is 62.5 Å². The lowest BCUT2D eigenvalue weighted by molar-refractivity contribution is 0.0840. The van der Waals surface area contributed by atoms with Crippen molar-refractivity contribution in [3.05, 3.63) is 24.2 Å². The minimum atomic E-state index is -0.418. The molecule has 0 bridgehead atoms. The first kappa shape index (κ1) is 11.2. The molecule has 1 aliphatic carbocycles. The zero-order valence-corrected chi connectivity index (χ0v) is 9.19. The third-order valence-corrected chi connectivity index (χ3v) is 3.20. The summed E-state index contributed by atoms with van der Waals surface area (Å²) in [5, 5.41) is 12.6. The van der Waals surface area contributed by atoms with Crippen molar-refractivity contribution in [2.45, 2.75) is 31.8 Å². The van der Waals surface area contributed by atoms with Gasteiger partial charge in [-0.2, -0.15) is 0 Å². The van der Waals surface area contributed by atoms with E-state index in [1.165, 1.54) is 25.4 Å². The van der Waals surface area contributed by atoms with Gasteiger partial charge in [0.1, 0.15) is 6.26 Å². The minimum absolute atomic E-state index is 0.189. The predicted molar refractivity (Wildman–Crippen MR) is 59.0 cm³/mol. The number of nitrogens with one attached hydrogen (secondary N) is 1. The van der Waals surface area contributed by atoms with Gasteiger partial charge in [0.05, 0.1) is 17.9 Å². The van der Waals surface area contributed by atoms with Gasteiger partial charge in [0.15, 0.2) is 0 Å². The zero-order chi connectivity index (χ0) is 11.4. The first-order valence-corrected chi connectivity index (χ1v) is 5.76. The van der Waals surface area contributed by atoms with Gasteiger partial charge in [-0.1, -0.05) is 12.8 Å². The van der Waals surface area contributed by atoms with Crippen LogP contribution in [0.4, 0.5) is 0 Å². The van der Waals surface area contributed by atoms with E-state index in [9.17, 15) is 9.90 Å². The van der Waals surface area contributed by atoms with Crippen molar-refractivity contribution in [1.29, 1.82) is 0 Å². The Bertz CT molecular complexity index is 328. The number of hydrogen-bond acceptors (Lipinski definition) is 3. The Morgan fingerprint density at radius 2 is 2.31 bits per heavy atom. The number of hydrogen-bond donors (Lipinski definition) is 2. The summed E-state index contributed by atoms with van der Waals surface area (Å²) in [6, 6.07) is 1.61. The van der Waals surface area contributed by atoms with Gasteiger partial charge in [-0.3, -0.25) is 4.79 Å². The van der Waals surface area contributed by atoms with E-state index < -0.39 is 6.10 Å². The number of rotatable bonds is 4. The van der Waals surface area contributed by atoms with Crippen LogP contribution in [0.5, 0.6) is 0 Å². The summed E-state index contributed by atoms with van der Waals surface area (Å²) in [5.41, 5.74) is 0.499. The number of aliphatic hydroxyl groups is 1. The van der Waals surface area contributed by atoms with E-state index in [1.54, 1.807) is 6.07 Å². The normalized spacial score (nSPS) is 18.6. The summed E-state index contributed by atoms with van der Waals surface area (Å²) < 4.78 is 4.82. The lowest BCUT2D eigenvalue weighted by Crippen LogP contribution is -2.35. The lowest BCUT2D eigenvalue weighted by Gasteiger charge is -2.17. The second-order valence-corrected chi connectivity index (χ2v) is 4.33. The highest BCUT2D eigenvalue weighted by atomic mass is 16.3. The maximum Gasteiger partial charge on any atom is 0.254 e. The van der Waals surface area contributed by atoms with Crippen LogP contribution in [0.25, 0.3) is 0 Å². The third-order valence-electron chi connectivity index (χ3n) is 3.20. The molecule has 2 N–H and O–H groups in total. The predicted octanol–water partition coefficient (Wildman–Crippen LogP) is 1.56. The zero-order valence-electron chi connectivity index (χ0n) is 9.19. The summed E-state index contributed by atoms with van der Waals surface area (Å²) in [6.45, 7) is 0.328. The van der Waals surface area contributed by atoms with Crippen molar-refractivity contribution in [3.8, 4) is 0 Å². The van der Waals surface area contributed by atoms with Crippen LogP contribution < -0.4 is 5.32 Å². The van der Waals surface area contributed by atoms with E-state index in [2.05, 4.69) is 5.32 Å². The standard InChI is InChI=1S/C12H17NO3/c14-11(9-3-1-2-4-9)7-13-12(15)10-5-6-16-8-10/h5-6,8-9,11,14H,1-4,7H2,(H,13,15). The van der Waals surface area contributed by atoms with Gasteiger partial charge in [0, 0.05) is 6.54 Å². The quantitative estimate of drug-likeness (QED) is 0.814. The molecule has 0 saturated heterocycles. The molecule has 1 aliphatic rings. The summed E-state index contributed by atoms with van der Waals surface area (Å²) in [7, 11) is 0. The molecule has 4 nitrogen and oxygen atoms in total. The van der Waals surface area contributed by atoms with Crippen molar-refractivity contribution in [2.75, 3.05) is 6.54 Å². The molecule has 1 heterocycles. The Morgan fingerprint density at radius 1 is 1.56 bits per heavy atom. The van der Waals surface area contributed by atoms with Crippen LogP contribution in [0, 0.1) is 5.92 Å². The average Bonchev–Trinajstić information content (AvgIpc) is 2.95. The van der Waals surface area contributed by atoms with Crippen LogP contribution >= 0.6 is 0 Å². The highest BCUT2D eigenvalue weighted by Crippen LogP contribution is 2.27. The molecule has 1 fully saturated rings. The van der Waals surface area contributed by atoms with Gasteiger partial charge in [0.25, 0.3) is 5.91 Å². The lowest BCUT2D eigenvalue weighted by atomic mass is 10.0. The van der Waals surface area contributed by atoms with Crippen molar-refractivity contribution in [1.82, 2.24) is 5.32 Å². The molecule has 4 heteroatoms. The molecule has 16 heavy (non-hydrogen) atoms. The maximum absolute atomic E-state index is 11.5. The molecule has 0 aliphatic heterocycles. The van der Waals surface area contributed by atoms with Gasteiger partial charge < -0.3 is 14.8 Å². The van der Waals surface area contributed by atoms with Crippen molar-refractivity contribution in [3.63, 3.8) is 0 Å². The van der Waals surface area contributed by atoms with Crippen LogP contribution in [-0.4, -0.2) is 23.7 Å². The van der Waals surface area contributed by atoms with E-state index in [0.717, 1.165) is 12.8 Å². The van der Waals surface area contributed by atoms with Crippen molar-refractivity contribution < 1.29 is 14.3 Å². The number of aliphatic hydroxyl groups excluding tert-OH is 1. The minimum Gasteiger partial charge on any atom is -0.472 e. The molecule has 1 saturated carbocycles. The van der Waals surface area contributed by atoms with Crippen molar-refractivity contribution in [2.24, 2.45) is 5.92 Å². The Labute approximate surface area is 94.6 Å². The SMILES string of the molecule is O=C(NCC(O)C1CCCC1)c1ccoc1. The second kappa shape index (κ2) is 5.16. The first-order valence-electron chi connectivity index (χ1n) is 5.76. The fourth-order valence-electron chi connectivity index (χ4n) is 2.20. The maximum atomic E-state index is 11.5. The third kappa shape index (κ3) is 2.64. The monoisotopic (exact) mass is 223 g/mol. The molecule has 1 amide bonds. The second-order valence-electron chi connectivity index (χ2n) is 4.33. The first-order chi connectivity index (χ1) is 7.77. The van der Waals surface area contributed by atoms with Crippen molar-refractivity contribution >= 4 is 5.91 Å². The Morgan fingerprint density at radius 3 is 2.94 bits per heavy atom. The smallest absolute Gasteiger partial charge is 0.254 e. The van der Waals surface area contributed by atoms with E-state index in [0.29, 0.717) is 18.0 Å².